The third-order valence-corrected chi connectivity index (χ3v) is 4.01. The maximum absolute atomic E-state index is 9.50. The molecule has 96 valence electrons. The van der Waals surface area contributed by atoms with Crippen molar-refractivity contribution in [1.29, 1.82) is 5.26 Å². The first kappa shape index (κ1) is 12.9. The Hall–Kier alpha value is -1.53. The van der Waals surface area contributed by atoms with Crippen molar-refractivity contribution in [2.45, 2.75) is 32.2 Å². The Morgan fingerprint density at radius 1 is 1.44 bits per heavy atom. The van der Waals surface area contributed by atoms with Crippen LogP contribution in [0.3, 0.4) is 0 Å². The van der Waals surface area contributed by atoms with E-state index >= 15 is 0 Å². The summed E-state index contributed by atoms with van der Waals surface area (Å²) >= 11 is 0. The molecule has 1 aliphatic rings. The molecule has 1 aromatic rings. The Balaban J connectivity index is 2.44. The Bertz CT molecular complexity index is 472. The highest BCUT2D eigenvalue weighted by atomic mass is 16.5. The van der Waals surface area contributed by atoms with Crippen LogP contribution in [-0.4, -0.2) is 14.2 Å². The number of methoxy groups -OCH3 is 1. The molecule has 0 radical (unpaired) electrons. The van der Waals surface area contributed by atoms with Crippen LogP contribution >= 0.6 is 0 Å². The van der Waals surface area contributed by atoms with Crippen LogP contribution in [0.15, 0.2) is 18.2 Å². The number of aryl methyl sites for hydroxylation is 1. The van der Waals surface area contributed by atoms with E-state index in [1.54, 1.807) is 7.11 Å². The average molecular weight is 244 g/mol. The second kappa shape index (κ2) is 4.99. The van der Waals surface area contributed by atoms with Gasteiger partial charge in [0.15, 0.2) is 0 Å². The van der Waals surface area contributed by atoms with Gasteiger partial charge in [-0.1, -0.05) is 24.1 Å². The largest absolute Gasteiger partial charge is 0.496 e. The van der Waals surface area contributed by atoms with Crippen molar-refractivity contribution in [3.05, 3.63) is 29.3 Å². The lowest BCUT2D eigenvalue weighted by atomic mass is 9.63. The van der Waals surface area contributed by atoms with Crippen LogP contribution in [-0.2, 0) is 0 Å². The normalized spacial score (nSPS) is 18.6. The minimum Gasteiger partial charge on any atom is -0.496 e. The molecule has 1 saturated carbocycles. The van der Waals surface area contributed by atoms with Crippen LogP contribution in [0.5, 0.6) is 5.75 Å². The highest BCUT2D eigenvalue weighted by Crippen LogP contribution is 2.51. The smallest absolute Gasteiger partial charge is 0.123 e. The molecule has 1 aromatic carbocycles. The molecule has 0 spiro atoms. The fourth-order valence-electron chi connectivity index (χ4n) is 2.83. The van der Waals surface area contributed by atoms with Crippen LogP contribution in [0, 0.1) is 23.7 Å². The number of nitrogens with one attached hydrogen (secondary N) is 1. The van der Waals surface area contributed by atoms with Crippen LogP contribution in [0.4, 0.5) is 0 Å². The predicted molar refractivity (Wildman–Crippen MR) is 71.4 cm³/mol. The predicted octanol–water partition coefficient (Wildman–Crippen LogP) is 2.96. The first-order valence-corrected chi connectivity index (χ1v) is 6.40. The van der Waals surface area contributed by atoms with Gasteiger partial charge in [-0.2, -0.15) is 5.26 Å². The minimum atomic E-state index is -0.268. The quantitative estimate of drug-likeness (QED) is 0.885. The lowest BCUT2D eigenvalue weighted by Crippen LogP contribution is -2.41. The number of hydrogen-bond acceptors (Lipinski definition) is 3. The fraction of sp³-hybridized carbons (Fsp3) is 0.533. The van der Waals surface area contributed by atoms with E-state index in [9.17, 15) is 5.26 Å². The van der Waals surface area contributed by atoms with Gasteiger partial charge in [-0.15, -0.1) is 0 Å². The molecule has 3 heteroatoms. The molecular formula is C15H20N2O. The topological polar surface area (TPSA) is 45.0 Å². The van der Waals surface area contributed by atoms with Gasteiger partial charge in [0.1, 0.15) is 5.75 Å². The number of ether oxygens (including phenoxy) is 1. The lowest BCUT2D eigenvalue weighted by Gasteiger charge is -2.42. The van der Waals surface area contributed by atoms with E-state index in [1.807, 2.05) is 19.2 Å². The third-order valence-electron chi connectivity index (χ3n) is 4.01. The van der Waals surface area contributed by atoms with Gasteiger partial charge in [-0.05, 0) is 32.9 Å². The summed E-state index contributed by atoms with van der Waals surface area (Å²) in [5.41, 5.74) is 2.02. The highest BCUT2D eigenvalue weighted by Gasteiger charge is 2.45. The summed E-state index contributed by atoms with van der Waals surface area (Å²) in [6.45, 7) is 2.06. The zero-order chi connectivity index (χ0) is 13.2. The van der Waals surface area contributed by atoms with E-state index in [0.717, 1.165) is 30.6 Å². The van der Waals surface area contributed by atoms with Crippen molar-refractivity contribution in [1.82, 2.24) is 5.32 Å². The molecule has 0 amide bonds. The molecular weight excluding hydrogens is 224 g/mol. The molecule has 1 fully saturated rings. The molecule has 0 bridgehead atoms. The van der Waals surface area contributed by atoms with Crippen molar-refractivity contribution in [3.63, 3.8) is 0 Å². The van der Waals surface area contributed by atoms with E-state index < -0.39 is 0 Å². The van der Waals surface area contributed by atoms with Crippen LogP contribution < -0.4 is 10.1 Å². The zero-order valence-electron chi connectivity index (χ0n) is 11.3. The molecule has 1 aliphatic carbocycles. The summed E-state index contributed by atoms with van der Waals surface area (Å²) in [5.74, 6) is 0.862. The Kier molecular flexibility index (Phi) is 3.58. The summed E-state index contributed by atoms with van der Waals surface area (Å²) < 4.78 is 5.44. The molecule has 0 aromatic heterocycles. The molecule has 0 aliphatic heterocycles. The SMILES string of the molecule is CNC(c1cc(C)ccc1OC)C1(C#N)CCC1. The van der Waals surface area contributed by atoms with Crippen molar-refractivity contribution in [2.24, 2.45) is 5.41 Å². The molecule has 1 unspecified atom stereocenters. The summed E-state index contributed by atoms with van der Waals surface area (Å²) in [5, 5.41) is 12.8. The van der Waals surface area contributed by atoms with Crippen LogP contribution in [0.2, 0.25) is 0 Å². The second-order valence-electron chi connectivity index (χ2n) is 5.09. The Morgan fingerprint density at radius 2 is 2.17 bits per heavy atom. The van der Waals surface area contributed by atoms with Crippen molar-refractivity contribution < 1.29 is 4.74 Å². The number of nitriles is 1. The molecule has 1 N–H and O–H groups in total. The van der Waals surface area contributed by atoms with E-state index in [2.05, 4.69) is 24.4 Å². The summed E-state index contributed by atoms with van der Waals surface area (Å²) in [6, 6.07) is 8.71. The summed E-state index contributed by atoms with van der Waals surface area (Å²) in [7, 11) is 3.60. The van der Waals surface area contributed by atoms with Gasteiger partial charge in [0.25, 0.3) is 0 Å². The van der Waals surface area contributed by atoms with Gasteiger partial charge in [0.2, 0.25) is 0 Å². The van der Waals surface area contributed by atoms with E-state index in [4.69, 9.17) is 4.74 Å². The first-order chi connectivity index (χ1) is 8.66. The maximum Gasteiger partial charge on any atom is 0.123 e. The van der Waals surface area contributed by atoms with E-state index in [-0.39, 0.29) is 11.5 Å². The van der Waals surface area contributed by atoms with Crippen LogP contribution in [0.1, 0.15) is 36.4 Å². The van der Waals surface area contributed by atoms with Gasteiger partial charge in [0, 0.05) is 5.56 Å². The van der Waals surface area contributed by atoms with Crippen molar-refractivity contribution in [3.8, 4) is 11.8 Å². The van der Waals surface area contributed by atoms with Crippen LogP contribution in [0.25, 0.3) is 0 Å². The van der Waals surface area contributed by atoms with Gasteiger partial charge in [-0.25, -0.2) is 0 Å². The fourth-order valence-corrected chi connectivity index (χ4v) is 2.83. The lowest BCUT2D eigenvalue weighted by molar-refractivity contribution is 0.147. The minimum absolute atomic E-state index is 0.0473. The molecule has 0 saturated heterocycles. The molecule has 3 nitrogen and oxygen atoms in total. The molecule has 0 heterocycles. The standard InChI is InChI=1S/C15H20N2O/c1-11-5-6-13(18-3)12(9-11)14(17-2)15(10-16)7-4-8-15/h5-6,9,14,17H,4,7-8H2,1-3H3. The first-order valence-electron chi connectivity index (χ1n) is 6.40. The molecule has 2 rings (SSSR count). The second-order valence-corrected chi connectivity index (χ2v) is 5.09. The number of benzene rings is 1. The molecule has 18 heavy (non-hydrogen) atoms. The van der Waals surface area contributed by atoms with Gasteiger partial charge >= 0.3 is 0 Å². The van der Waals surface area contributed by atoms with Gasteiger partial charge < -0.3 is 10.1 Å². The summed E-state index contributed by atoms with van der Waals surface area (Å²) in [4.78, 5) is 0. The third kappa shape index (κ3) is 1.97. The van der Waals surface area contributed by atoms with Gasteiger partial charge in [0.05, 0.1) is 24.6 Å². The maximum atomic E-state index is 9.50. The Labute approximate surface area is 109 Å². The Morgan fingerprint density at radius 3 is 2.61 bits per heavy atom. The number of hydrogen-bond donors (Lipinski definition) is 1. The monoisotopic (exact) mass is 244 g/mol. The van der Waals surface area contributed by atoms with E-state index in [0.29, 0.717) is 0 Å². The zero-order valence-corrected chi connectivity index (χ0v) is 11.3. The number of rotatable bonds is 4. The number of nitrogens with zero attached hydrogens (tertiary/aromatic N) is 1. The highest BCUT2D eigenvalue weighted by molar-refractivity contribution is 5.41. The summed E-state index contributed by atoms with van der Waals surface area (Å²) in [6.07, 6.45) is 3.07. The average Bonchev–Trinajstić information content (AvgIpc) is 2.33. The van der Waals surface area contributed by atoms with Gasteiger partial charge in [-0.3, -0.25) is 0 Å². The van der Waals surface area contributed by atoms with Crippen molar-refractivity contribution >= 4 is 0 Å². The van der Waals surface area contributed by atoms with Crippen molar-refractivity contribution in [2.75, 3.05) is 14.2 Å². The van der Waals surface area contributed by atoms with E-state index in [1.165, 1.54) is 5.56 Å². The molecule has 1 atom stereocenters.